The lowest BCUT2D eigenvalue weighted by Crippen LogP contribution is -2.20. The second-order valence-corrected chi connectivity index (χ2v) is 2.05. The van der Waals surface area contributed by atoms with Gasteiger partial charge in [-0.05, 0) is 23.4 Å². The van der Waals surface area contributed by atoms with Crippen LogP contribution in [0.4, 0.5) is 0 Å². The third-order valence-corrected chi connectivity index (χ3v) is 1.00. The highest BCUT2D eigenvalue weighted by molar-refractivity contribution is 5.11. The van der Waals surface area contributed by atoms with Crippen LogP contribution < -0.4 is 10.4 Å². The van der Waals surface area contributed by atoms with Crippen LogP contribution in [-0.2, 0) is 0 Å². The Morgan fingerprint density at radius 3 is 1.92 bits per heavy atom. The maximum atomic E-state index is 3.84. The highest BCUT2D eigenvalue weighted by Gasteiger charge is 1.72. The molecule has 0 aromatic carbocycles. The average Bonchev–Trinajstić information content (AvgIpc) is 2.15. The van der Waals surface area contributed by atoms with Crippen LogP contribution in [0, 0.1) is 0 Å². The fraction of sp³-hybridized carbons (Fsp3) is 0.250. The standard InChI is InChI=1S/C7H7N.C3H6.C2H6/c1-6-3-4-8-5-7(6)2;1-3-2;1-2/h3-5H,1-2H2;3H,1H2,2H3;1-2H3. The monoisotopic (exact) mass is 177 g/mol. The molecule has 72 valence electrons. The molecule has 0 fully saturated rings. The summed E-state index contributed by atoms with van der Waals surface area (Å²) in [6.45, 7) is 16.7. The van der Waals surface area contributed by atoms with E-state index in [2.05, 4.69) is 24.7 Å². The molecule has 0 unspecified atom stereocenters. The third kappa shape index (κ3) is 8.54. The van der Waals surface area contributed by atoms with Crippen molar-refractivity contribution in [1.82, 2.24) is 4.98 Å². The molecule has 0 amide bonds. The summed E-state index contributed by atoms with van der Waals surface area (Å²) < 4.78 is 0. The minimum absolute atomic E-state index is 0.896. The number of hydrogen-bond acceptors (Lipinski definition) is 1. The van der Waals surface area contributed by atoms with Crippen LogP contribution in [0.3, 0.4) is 0 Å². The van der Waals surface area contributed by atoms with Crippen molar-refractivity contribution in [2.24, 2.45) is 0 Å². The SMILES string of the molecule is C=CC.C=c1ccncc1=C.CC. The predicted octanol–water partition coefficient (Wildman–Crippen LogP) is 2.12. The van der Waals surface area contributed by atoms with Crippen molar-refractivity contribution in [1.29, 1.82) is 0 Å². The maximum Gasteiger partial charge on any atom is 0.0340 e. The van der Waals surface area contributed by atoms with Gasteiger partial charge in [0, 0.05) is 12.4 Å². The largest absolute Gasteiger partial charge is 0.264 e. The minimum atomic E-state index is 0.896. The zero-order valence-corrected chi connectivity index (χ0v) is 8.88. The Morgan fingerprint density at radius 1 is 1.23 bits per heavy atom. The molecule has 0 saturated carbocycles. The first-order valence-corrected chi connectivity index (χ1v) is 4.37. The van der Waals surface area contributed by atoms with Crippen molar-refractivity contribution in [2.75, 3.05) is 0 Å². The molecule has 1 nitrogen and oxygen atoms in total. The number of hydrogen-bond donors (Lipinski definition) is 0. The summed E-state index contributed by atoms with van der Waals surface area (Å²) in [6, 6.07) is 1.84. The maximum absolute atomic E-state index is 3.84. The summed E-state index contributed by atoms with van der Waals surface area (Å²) in [5.74, 6) is 0. The van der Waals surface area contributed by atoms with Gasteiger partial charge in [0.1, 0.15) is 0 Å². The zero-order valence-electron chi connectivity index (χ0n) is 8.88. The Bertz CT molecular complexity index is 272. The van der Waals surface area contributed by atoms with Crippen molar-refractivity contribution < 1.29 is 0 Å². The molecule has 1 rings (SSSR count). The van der Waals surface area contributed by atoms with E-state index < -0.39 is 0 Å². The second kappa shape index (κ2) is 10.6. The molecule has 13 heavy (non-hydrogen) atoms. The quantitative estimate of drug-likeness (QED) is 0.553. The summed E-state index contributed by atoms with van der Waals surface area (Å²) in [5, 5.41) is 1.84. The van der Waals surface area contributed by atoms with Gasteiger partial charge in [-0.2, -0.15) is 0 Å². The van der Waals surface area contributed by atoms with Gasteiger partial charge in [-0.25, -0.2) is 0 Å². The summed E-state index contributed by atoms with van der Waals surface area (Å²) in [6.07, 6.45) is 5.15. The molecule has 1 aromatic heterocycles. The van der Waals surface area contributed by atoms with E-state index in [0.717, 1.165) is 10.4 Å². The van der Waals surface area contributed by atoms with E-state index in [-0.39, 0.29) is 0 Å². The Labute approximate surface area is 81.1 Å². The fourth-order valence-electron chi connectivity index (χ4n) is 0.456. The molecule has 0 bridgehead atoms. The summed E-state index contributed by atoms with van der Waals surface area (Å²) in [5.41, 5.74) is 0. The van der Waals surface area contributed by atoms with Gasteiger partial charge < -0.3 is 0 Å². The number of allylic oxidation sites excluding steroid dienone is 1. The highest BCUT2D eigenvalue weighted by Crippen LogP contribution is 1.57. The molecule has 1 aromatic rings. The van der Waals surface area contributed by atoms with Gasteiger partial charge in [-0.15, -0.1) is 6.58 Å². The molecule has 0 aliphatic rings. The van der Waals surface area contributed by atoms with Crippen molar-refractivity contribution in [3.63, 3.8) is 0 Å². The Hall–Kier alpha value is -1.37. The van der Waals surface area contributed by atoms with Crippen molar-refractivity contribution >= 4 is 13.2 Å². The Morgan fingerprint density at radius 2 is 1.69 bits per heavy atom. The lowest BCUT2D eigenvalue weighted by Gasteiger charge is -1.79. The predicted molar refractivity (Wildman–Crippen MR) is 61.8 cm³/mol. The summed E-state index contributed by atoms with van der Waals surface area (Å²) in [4.78, 5) is 3.84. The second-order valence-electron chi connectivity index (χ2n) is 2.05. The van der Waals surface area contributed by atoms with Gasteiger partial charge in [0.05, 0.1) is 0 Å². The minimum Gasteiger partial charge on any atom is -0.264 e. The molecule has 0 saturated heterocycles. The van der Waals surface area contributed by atoms with E-state index in [1.165, 1.54) is 0 Å². The van der Waals surface area contributed by atoms with E-state index in [1.54, 1.807) is 18.5 Å². The molecular weight excluding hydrogens is 158 g/mol. The summed E-state index contributed by atoms with van der Waals surface area (Å²) in [7, 11) is 0. The third-order valence-electron chi connectivity index (χ3n) is 1.00. The smallest absolute Gasteiger partial charge is 0.0340 e. The molecule has 0 atom stereocenters. The van der Waals surface area contributed by atoms with Crippen molar-refractivity contribution in [2.45, 2.75) is 20.8 Å². The Kier molecular flexibility index (Phi) is 11.6. The molecule has 0 radical (unpaired) electrons. The fourth-order valence-corrected chi connectivity index (χ4v) is 0.456. The van der Waals surface area contributed by atoms with Crippen LogP contribution in [0.1, 0.15) is 20.8 Å². The van der Waals surface area contributed by atoms with Gasteiger partial charge >= 0.3 is 0 Å². The average molecular weight is 177 g/mol. The van der Waals surface area contributed by atoms with Gasteiger partial charge in [-0.3, -0.25) is 4.98 Å². The number of aromatic nitrogens is 1. The van der Waals surface area contributed by atoms with E-state index >= 15 is 0 Å². The lowest BCUT2D eigenvalue weighted by molar-refractivity contribution is 1.28. The normalized spacial score (nSPS) is 7.00. The summed E-state index contributed by atoms with van der Waals surface area (Å²) >= 11 is 0. The highest BCUT2D eigenvalue weighted by atomic mass is 14.6. The molecular formula is C12H19N. The van der Waals surface area contributed by atoms with Gasteiger partial charge in [0.15, 0.2) is 0 Å². The number of nitrogens with zero attached hydrogens (tertiary/aromatic N) is 1. The van der Waals surface area contributed by atoms with E-state index in [1.807, 2.05) is 26.8 Å². The van der Waals surface area contributed by atoms with Gasteiger partial charge in [0.25, 0.3) is 0 Å². The van der Waals surface area contributed by atoms with Crippen LogP contribution in [0.25, 0.3) is 13.2 Å². The molecule has 0 spiro atoms. The number of pyridine rings is 1. The first-order chi connectivity index (χ1) is 6.22. The van der Waals surface area contributed by atoms with Crippen LogP contribution in [0.15, 0.2) is 31.1 Å². The topological polar surface area (TPSA) is 12.9 Å². The van der Waals surface area contributed by atoms with E-state index in [0.29, 0.717) is 0 Å². The van der Waals surface area contributed by atoms with Crippen molar-refractivity contribution in [3.8, 4) is 0 Å². The molecule has 0 aliphatic heterocycles. The molecule has 0 aliphatic carbocycles. The Balaban J connectivity index is 0. The molecule has 1 heterocycles. The van der Waals surface area contributed by atoms with Gasteiger partial charge in [0.2, 0.25) is 0 Å². The van der Waals surface area contributed by atoms with E-state index in [4.69, 9.17) is 0 Å². The first-order valence-electron chi connectivity index (χ1n) is 4.37. The van der Waals surface area contributed by atoms with Crippen molar-refractivity contribution in [3.05, 3.63) is 41.6 Å². The molecule has 1 heteroatoms. The molecule has 0 N–H and O–H groups in total. The van der Waals surface area contributed by atoms with Crippen LogP contribution >= 0.6 is 0 Å². The van der Waals surface area contributed by atoms with E-state index in [9.17, 15) is 0 Å². The van der Waals surface area contributed by atoms with Gasteiger partial charge in [-0.1, -0.05) is 33.1 Å². The van der Waals surface area contributed by atoms with Crippen LogP contribution in [-0.4, -0.2) is 4.98 Å². The zero-order chi connectivity index (χ0) is 10.7. The number of rotatable bonds is 0. The lowest BCUT2D eigenvalue weighted by atomic mass is 10.3. The van der Waals surface area contributed by atoms with Crippen LogP contribution in [0.2, 0.25) is 0 Å². The first kappa shape index (κ1) is 14.2. The van der Waals surface area contributed by atoms with Crippen LogP contribution in [0.5, 0.6) is 0 Å².